The molecule has 0 fully saturated rings. The molecule has 0 amide bonds. The quantitative estimate of drug-likeness (QED) is 0.778. The van der Waals surface area contributed by atoms with E-state index in [-0.39, 0.29) is 0 Å². The van der Waals surface area contributed by atoms with Crippen molar-refractivity contribution in [2.24, 2.45) is 0 Å². The molecular formula is C13H24N4. The van der Waals surface area contributed by atoms with Crippen molar-refractivity contribution < 1.29 is 0 Å². The first-order valence-corrected chi connectivity index (χ1v) is 6.19. The average Bonchev–Trinajstić information content (AvgIpc) is 2.27. The first-order valence-electron chi connectivity index (χ1n) is 6.19. The van der Waals surface area contributed by atoms with Crippen LogP contribution in [0.1, 0.15) is 18.9 Å². The van der Waals surface area contributed by atoms with E-state index in [1.807, 2.05) is 12.1 Å². The van der Waals surface area contributed by atoms with Crippen LogP contribution in [0.5, 0.6) is 0 Å². The van der Waals surface area contributed by atoms with Crippen LogP contribution in [-0.2, 0) is 6.54 Å². The number of anilines is 1. The second kappa shape index (κ2) is 7.25. The minimum absolute atomic E-state index is 0.604. The summed E-state index contributed by atoms with van der Waals surface area (Å²) in [5.41, 5.74) is 6.92. The predicted molar refractivity (Wildman–Crippen MR) is 72.8 cm³/mol. The molecule has 1 rings (SSSR count). The van der Waals surface area contributed by atoms with E-state index >= 15 is 0 Å². The summed E-state index contributed by atoms with van der Waals surface area (Å²) in [6, 6.07) is 3.99. The van der Waals surface area contributed by atoms with Gasteiger partial charge in [-0.05, 0) is 57.8 Å². The normalized spacial score (nSPS) is 11.4. The zero-order valence-electron chi connectivity index (χ0n) is 11.2. The SMILES string of the molecule is CCN(CCCN(C)C)Cc1ccnc(N)c1. The van der Waals surface area contributed by atoms with Gasteiger partial charge in [0, 0.05) is 12.7 Å². The Morgan fingerprint density at radius 2 is 2.06 bits per heavy atom. The highest BCUT2D eigenvalue weighted by molar-refractivity contribution is 5.31. The van der Waals surface area contributed by atoms with Gasteiger partial charge >= 0.3 is 0 Å². The fourth-order valence-corrected chi connectivity index (χ4v) is 1.81. The Morgan fingerprint density at radius 1 is 1.29 bits per heavy atom. The molecule has 0 atom stereocenters. The van der Waals surface area contributed by atoms with Crippen molar-refractivity contribution >= 4 is 5.82 Å². The van der Waals surface area contributed by atoms with Crippen LogP contribution in [0.25, 0.3) is 0 Å². The highest BCUT2D eigenvalue weighted by Crippen LogP contribution is 2.07. The lowest BCUT2D eigenvalue weighted by molar-refractivity contribution is 0.259. The number of nitrogens with zero attached hydrogens (tertiary/aromatic N) is 3. The lowest BCUT2D eigenvalue weighted by Gasteiger charge is -2.21. The molecule has 0 aliphatic rings. The topological polar surface area (TPSA) is 45.4 Å². The third-order valence-corrected chi connectivity index (χ3v) is 2.78. The van der Waals surface area contributed by atoms with Gasteiger partial charge in [0.1, 0.15) is 5.82 Å². The maximum absolute atomic E-state index is 5.68. The fraction of sp³-hybridized carbons (Fsp3) is 0.615. The number of nitrogen functional groups attached to an aromatic ring is 1. The molecule has 0 bridgehead atoms. The Balaban J connectivity index is 2.41. The van der Waals surface area contributed by atoms with Gasteiger partial charge in [-0.1, -0.05) is 6.92 Å². The van der Waals surface area contributed by atoms with E-state index in [0.717, 1.165) is 26.2 Å². The Bertz CT molecular complexity index is 325. The summed E-state index contributed by atoms with van der Waals surface area (Å²) in [5, 5.41) is 0. The minimum atomic E-state index is 0.604. The third kappa shape index (κ3) is 5.65. The largest absolute Gasteiger partial charge is 0.384 e. The van der Waals surface area contributed by atoms with Crippen LogP contribution in [0.4, 0.5) is 5.82 Å². The predicted octanol–water partition coefficient (Wildman–Crippen LogP) is 1.44. The van der Waals surface area contributed by atoms with Gasteiger partial charge in [-0.15, -0.1) is 0 Å². The standard InChI is InChI=1S/C13H24N4/c1-4-17(9-5-8-16(2)3)11-12-6-7-15-13(14)10-12/h6-7,10H,4-5,8-9,11H2,1-3H3,(H2,14,15). The smallest absolute Gasteiger partial charge is 0.123 e. The number of aromatic nitrogens is 1. The second-order valence-electron chi connectivity index (χ2n) is 4.61. The van der Waals surface area contributed by atoms with Crippen LogP contribution >= 0.6 is 0 Å². The van der Waals surface area contributed by atoms with Gasteiger partial charge in [0.2, 0.25) is 0 Å². The molecule has 0 saturated carbocycles. The molecule has 1 aromatic heterocycles. The van der Waals surface area contributed by atoms with Crippen molar-refractivity contribution in [3.05, 3.63) is 23.9 Å². The number of hydrogen-bond donors (Lipinski definition) is 1. The summed E-state index contributed by atoms with van der Waals surface area (Å²) in [6.07, 6.45) is 2.97. The van der Waals surface area contributed by atoms with Gasteiger partial charge in [0.05, 0.1) is 0 Å². The van der Waals surface area contributed by atoms with Gasteiger partial charge in [-0.25, -0.2) is 4.98 Å². The maximum Gasteiger partial charge on any atom is 0.123 e. The van der Waals surface area contributed by atoms with Crippen LogP contribution in [0.2, 0.25) is 0 Å². The molecule has 96 valence electrons. The molecule has 0 aliphatic heterocycles. The minimum Gasteiger partial charge on any atom is -0.384 e. The van der Waals surface area contributed by atoms with Crippen molar-refractivity contribution in [3.8, 4) is 0 Å². The molecule has 0 saturated heterocycles. The Labute approximate surface area is 104 Å². The summed E-state index contributed by atoms with van der Waals surface area (Å²) in [4.78, 5) is 8.66. The lowest BCUT2D eigenvalue weighted by atomic mass is 10.2. The summed E-state index contributed by atoms with van der Waals surface area (Å²) in [6.45, 7) is 6.47. The van der Waals surface area contributed by atoms with E-state index in [9.17, 15) is 0 Å². The monoisotopic (exact) mass is 236 g/mol. The molecule has 4 nitrogen and oxygen atoms in total. The number of hydrogen-bond acceptors (Lipinski definition) is 4. The Morgan fingerprint density at radius 3 is 2.65 bits per heavy atom. The second-order valence-corrected chi connectivity index (χ2v) is 4.61. The molecule has 0 radical (unpaired) electrons. The van der Waals surface area contributed by atoms with Crippen LogP contribution in [-0.4, -0.2) is 48.5 Å². The highest BCUT2D eigenvalue weighted by Gasteiger charge is 2.04. The van der Waals surface area contributed by atoms with Crippen molar-refractivity contribution in [2.45, 2.75) is 19.9 Å². The molecule has 1 aromatic rings. The van der Waals surface area contributed by atoms with Gasteiger partial charge in [0.15, 0.2) is 0 Å². The van der Waals surface area contributed by atoms with Gasteiger partial charge in [0.25, 0.3) is 0 Å². The number of nitrogens with two attached hydrogens (primary N) is 1. The van der Waals surface area contributed by atoms with E-state index in [0.29, 0.717) is 5.82 Å². The number of pyridine rings is 1. The van der Waals surface area contributed by atoms with Gasteiger partial charge in [-0.3, -0.25) is 4.90 Å². The fourth-order valence-electron chi connectivity index (χ4n) is 1.81. The van der Waals surface area contributed by atoms with Crippen LogP contribution < -0.4 is 5.73 Å². The van der Waals surface area contributed by atoms with Crippen molar-refractivity contribution in [2.75, 3.05) is 39.5 Å². The zero-order chi connectivity index (χ0) is 12.7. The van der Waals surface area contributed by atoms with E-state index in [1.165, 1.54) is 12.0 Å². The molecule has 0 unspecified atom stereocenters. The highest BCUT2D eigenvalue weighted by atomic mass is 15.1. The first-order chi connectivity index (χ1) is 8.11. The molecule has 0 aliphatic carbocycles. The molecule has 2 N–H and O–H groups in total. The van der Waals surface area contributed by atoms with E-state index in [1.54, 1.807) is 6.20 Å². The van der Waals surface area contributed by atoms with Crippen LogP contribution in [0, 0.1) is 0 Å². The summed E-state index contributed by atoms with van der Waals surface area (Å²) < 4.78 is 0. The Kier molecular flexibility index (Phi) is 5.94. The van der Waals surface area contributed by atoms with E-state index in [4.69, 9.17) is 5.73 Å². The number of rotatable bonds is 7. The lowest BCUT2D eigenvalue weighted by Crippen LogP contribution is -2.26. The van der Waals surface area contributed by atoms with Gasteiger partial charge < -0.3 is 10.6 Å². The Hall–Kier alpha value is -1.13. The van der Waals surface area contributed by atoms with E-state index < -0.39 is 0 Å². The summed E-state index contributed by atoms with van der Waals surface area (Å²) in [5.74, 6) is 0.604. The molecule has 0 aromatic carbocycles. The molecule has 4 heteroatoms. The summed E-state index contributed by atoms with van der Waals surface area (Å²) in [7, 11) is 4.22. The van der Waals surface area contributed by atoms with Crippen molar-refractivity contribution in [1.82, 2.24) is 14.8 Å². The first kappa shape index (κ1) is 13.9. The molecule has 17 heavy (non-hydrogen) atoms. The maximum atomic E-state index is 5.68. The molecule has 1 heterocycles. The third-order valence-electron chi connectivity index (χ3n) is 2.78. The van der Waals surface area contributed by atoms with Gasteiger partial charge in [-0.2, -0.15) is 0 Å². The molecular weight excluding hydrogens is 212 g/mol. The summed E-state index contributed by atoms with van der Waals surface area (Å²) >= 11 is 0. The van der Waals surface area contributed by atoms with E-state index in [2.05, 4.69) is 35.8 Å². The average molecular weight is 236 g/mol. The van der Waals surface area contributed by atoms with Crippen LogP contribution in [0.3, 0.4) is 0 Å². The van der Waals surface area contributed by atoms with Crippen molar-refractivity contribution in [3.63, 3.8) is 0 Å². The van der Waals surface area contributed by atoms with Crippen LogP contribution in [0.15, 0.2) is 18.3 Å². The van der Waals surface area contributed by atoms with Crippen molar-refractivity contribution in [1.29, 1.82) is 0 Å². The molecule has 0 spiro atoms. The zero-order valence-corrected chi connectivity index (χ0v) is 11.2.